The summed E-state index contributed by atoms with van der Waals surface area (Å²) >= 11 is 3.55. The quantitative estimate of drug-likeness (QED) is 0.781. The maximum atomic E-state index is 10.5. The fraction of sp³-hybridized carbons (Fsp3) is 0.375. The molecule has 0 amide bonds. The zero-order valence-electron chi connectivity index (χ0n) is 12.0. The molecule has 1 atom stereocenters. The molecule has 2 N–H and O–H groups in total. The first-order valence-corrected chi connectivity index (χ1v) is 7.86. The van der Waals surface area contributed by atoms with E-state index in [2.05, 4.69) is 33.2 Å². The first-order chi connectivity index (χ1) is 10.1. The van der Waals surface area contributed by atoms with Crippen LogP contribution in [0.15, 0.2) is 34.9 Å². The molecule has 0 aliphatic heterocycles. The van der Waals surface area contributed by atoms with Gasteiger partial charge < -0.3 is 10.4 Å². The Labute approximate surface area is 132 Å². The third-order valence-electron chi connectivity index (χ3n) is 3.53. The Morgan fingerprint density at radius 3 is 2.90 bits per heavy atom. The van der Waals surface area contributed by atoms with E-state index in [1.165, 1.54) is 0 Å². The lowest BCUT2D eigenvalue weighted by Gasteiger charge is -2.12. The van der Waals surface area contributed by atoms with Gasteiger partial charge in [0, 0.05) is 34.4 Å². The highest BCUT2D eigenvalue weighted by molar-refractivity contribution is 9.10. The van der Waals surface area contributed by atoms with Crippen LogP contribution in [0, 0.1) is 5.92 Å². The number of hydrogen-bond donors (Lipinski definition) is 2. The Morgan fingerprint density at radius 1 is 1.33 bits per heavy atom. The number of pyridine rings is 1. The summed E-state index contributed by atoms with van der Waals surface area (Å²) in [4.78, 5) is 14.9. The van der Waals surface area contributed by atoms with Crippen molar-refractivity contribution in [3.63, 3.8) is 0 Å². The Kier molecular flexibility index (Phi) is 5.56. The summed E-state index contributed by atoms with van der Waals surface area (Å²) in [6, 6.07) is 8.04. The lowest BCUT2D eigenvalue weighted by molar-refractivity contribution is -0.137. The second-order valence-electron chi connectivity index (χ2n) is 5.25. The maximum absolute atomic E-state index is 10.5. The van der Waals surface area contributed by atoms with Gasteiger partial charge >= 0.3 is 5.97 Å². The number of nitrogens with zero attached hydrogens (tertiary/aromatic N) is 1. The summed E-state index contributed by atoms with van der Waals surface area (Å²) in [7, 11) is 0. The number of nitrogens with one attached hydrogen (secondary N) is 1. The molecule has 2 aromatic rings. The molecule has 0 saturated heterocycles. The van der Waals surface area contributed by atoms with Crippen molar-refractivity contribution in [1.29, 1.82) is 0 Å². The van der Waals surface area contributed by atoms with Crippen LogP contribution in [0.25, 0.3) is 10.8 Å². The number of aromatic nitrogens is 1. The molecule has 5 heteroatoms. The summed E-state index contributed by atoms with van der Waals surface area (Å²) in [6.07, 6.45) is 3.68. The van der Waals surface area contributed by atoms with Gasteiger partial charge in [-0.3, -0.25) is 4.79 Å². The predicted molar refractivity (Wildman–Crippen MR) is 88.6 cm³/mol. The Hall–Kier alpha value is -1.62. The van der Waals surface area contributed by atoms with Crippen molar-refractivity contribution in [2.24, 2.45) is 5.92 Å². The second kappa shape index (κ2) is 7.41. The molecule has 1 heterocycles. The van der Waals surface area contributed by atoms with E-state index < -0.39 is 5.97 Å². The standard InChI is InChI=1S/C16H19BrN2O2/c1-11(5-6-15(20)21)7-9-18-16-13-3-2-4-14(17)12(13)8-10-19-16/h2-4,8,10-11H,5-7,9H2,1H3,(H,18,19)(H,20,21). The van der Waals surface area contributed by atoms with Crippen molar-refractivity contribution < 1.29 is 9.90 Å². The molecule has 0 fully saturated rings. The largest absolute Gasteiger partial charge is 0.481 e. The van der Waals surface area contributed by atoms with Gasteiger partial charge in [-0.1, -0.05) is 35.0 Å². The molecule has 0 radical (unpaired) electrons. The fourth-order valence-corrected chi connectivity index (χ4v) is 2.76. The third-order valence-corrected chi connectivity index (χ3v) is 4.22. The zero-order chi connectivity index (χ0) is 15.2. The number of halogens is 1. The van der Waals surface area contributed by atoms with E-state index in [0.29, 0.717) is 12.3 Å². The topological polar surface area (TPSA) is 62.2 Å². The number of carboxylic acid groups (broad SMARTS) is 1. The van der Waals surface area contributed by atoms with Gasteiger partial charge in [0.15, 0.2) is 0 Å². The van der Waals surface area contributed by atoms with Crippen LogP contribution in [-0.4, -0.2) is 22.6 Å². The average Bonchev–Trinajstić information content (AvgIpc) is 2.46. The molecule has 0 spiro atoms. The second-order valence-corrected chi connectivity index (χ2v) is 6.10. The average molecular weight is 351 g/mol. The van der Waals surface area contributed by atoms with Crippen molar-refractivity contribution in [1.82, 2.24) is 4.98 Å². The van der Waals surface area contributed by atoms with Crippen LogP contribution in [0.2, 0.25) is 0 Å². The summed E-state index contributed by atoms with van der Waals surface area (Å²) in [5, 5.41) is 14.3. The molecule has 112 valence electrons. The smallest absolute Gasteiger partial charge is 0.303 e. The van der Waals surface area contributed by atoms with Crippen molar-refractivity contribution in [2.75, 3.05) is 11.9 Å². The van der Waals surface area contributed by atoms with Crippen LogP contribution in [0.1, 0.15) is 26.2 Å². The van der Waals surface area contributed by atoms with Gasteiger partial charge in [-0.25, -0.2) is 4.98 Å². The van der Waals surface area contributed by atoms with E-state index in [-0.39, 0.29) is 6.42 Å². The van der Waals surface area contributed by atoms with E-state index in [1.807, 2.05) is 24.3 Å². The minimum absolute atomic E-state index is 0.237. The number of hydrogen-bond acceptors (Lipinski definition) is 3. The monoisotopic (exact) mass is 350 g/mol. The number of benzene rings is 1. The van der Waals surface area contributed by atoms with Crippen LogP contribution in [0.5, 0.6) is 0 Å². The Balaban J connectivity index is 1.95. The van der Waals surface area contributed by atoms with Crippen molar-refractivity contribution in [3.8, 4) is 0 Å². The first-order valence-electron chi connectivity index (χ1n) is 7.07. The molecule has 0 bridgehead atoms. The van der Waals surface area contributed by atoms with E-state index in [9.17, 15) is 4.79 Å². The zero-order valence-corrected chi connectivity index (χ0v) is 13.6. The van der Waals surface area contributed by atoms with Crippen LogP contribution in [-0.2, 0) is 4.79 Å². The number of rotatable bonds is 7. The molecule has 21 heavy (non-hydrogen) atoms. The Bertz CT molecular complexity index is 631. The molecular weight excluding hydrogens is 332 g/mol. The highest BCUT2D eigenvalue weighted by atomic mass is 79.9. The van der Waals surface area contributed by atoms with Gasteiger partial charge in [0.05, 0.1) is 0 Å². The maximum Gasteiger partial charge on any atom is 0.303 e. The molecule has 1 aromatic heterocycles. The predicted octanol–water partition coefficient (Wildman–Crippen LogP) is 4.30. The van der Waals surface area contributed by atoms with Gasteiger partial charge in [0.2, 0.25) is 0 Å². The van der Waals surface area contributed by atoms with Gasteiger partial charge in [-0.15, -0.1) is 0 Å². The molecule has 0 saturated carbocycles. The minimum atomic E-state index is -0.727. The summed E-state index contributed by atoms with van der Waals surface area (Å²) in [5.74, 6) is 0.532. The highest BCUT2D eigenvalue weighted by Crippen LogP contribution is 2.27. The van der Waals surface area contributed by atoms with Crippen molar-refractivity contribution in [3.05, 3.63) is 34.9 Å². The van der Waals surface area contributed by atoms with Gasteiger partial charge in [-0.05, 0) is 30.9 Å². The lowest BCUT2D eigenvalue weighted by atomic mass is 10.0. The summed E-state index contributed by atoms with van der Waals surface area (Å²) in [5.41, 5.74) is 0. The Morgan fingerprint density at radius 2 is 2.14 bits per heavy atom. The van der Waals surface area contributed by atoms with Crippen molar-refractivity contribution >= 4 is 38.5 Å². The van der Waals surface area contributed by atoms with E-state index in [4.69, 9.17) is 5.11 Å². The normalized spacial score (nSPS) is 12.3. The van der Waals surface area contributed by atoms with Gasteiger partial charge in [0.25, 0.3) is 0 Å². The van der Waals surface area contributed by atoms with Gasteiger partial charge in [-0.2, -0.15) is 0 Å². The van der Waals surface area contributed by atoms with Crippen molar-refractivity contribution in [2.45, 2.75) is 26.2 Å². The van der Waals surface area contributed by atoms with Crippen LogP contribution in [0.3, 0.4) is 0 Å². The van der Waals surface area contributed by atoms with E-state index in [0.717, 1.165) is 34.0 Å². The molecule has 1 aromatic carbocycles. The molecule has 2 rings (SSSR count). The van der Waals surface area contributed by atoms with Crippen LogP contribution < -0.4 is 5.32 Å². The summed E-state index contributed by atoms with van der Waals surface area (Å²) in [6.45, 7) is 2.87. The van der Waals surface area contributed by atoms with E-state index >= 15 is 0 Å². The first kappa shape index (κ1) is 15.8. The van der Waals surface area contributed by atoms with Crippen LogP contribution in [0.4, 0.5) is 5.82 Å². The highest BCUT2D eigenvalue weighted by Gasteiger charge is 2.07. The molecule has 0 aliphatic carbocycles. The molecule has 0 aliphatic rings. The molecular formula is C16H19BrN2O2. The molecule has 1 unspecified atom stereocenters. The number of anilines is 1. The number of carboxylic acids is 1. The number of fused-ring (bicyclic) bond motifs is 1. The lowest BCUT2D eigenvalue weighted by Crippen LogP contribution is -2.09. The van der Waals surface area contributed by atoms with Crippen LogP contribution >= 0.6 is 15.9 Å². The molecule has 4 nitrogen and oxygen atoms in total. The third kappa shape index (κ3) is 4.43. The van der Waals surface area contributed by atoms with E-state index in [1.54, 1.807) is 6.20 Å². The minimum Gasteiger partial charge on any atom is -0.481 e. The fourth-order valence-electron chi connectivity index (χ4n) is 2.26. The van der Waals surface area contributed by atoms with Gasteiger partial charge in [0.1, 0.15) is 5.82 Å². The number of aliphatic carboxylic acids is 1. The summed E-state index contributed by atoms with van der Waals surface area (Å²) < 4.78 is 1.06. The SMILES string of the molecule is CC(CCNc1nccc2c(Br)cccc12)CCC(=O)O. The number of carbonyl (C=O) groups is 1.